The van der Waals surface area contributed by atoms with E-state index in [4.69, 9.17) is 5.26 Å². The molecule has 0 aromatic carbocycles. The molecule has 1 fully saturated rings. The van der Waals surface area contributed by atoms with Crippen LogP contribution >= 0.6 is 0 Å². The van der Waals surface area contributed by atoms with Crippen LogP contribution in [0.3, 0.4) is 0 Å². The molecule has 0 saturated carbocycles. The Hall–Kier alpha value is -1.44. The third-order valence-electron chi connectivity index (χ3n) is 3.98. The van der Waals surface area contributed by atoms with Gasteiger partial charge >= 0.3 is 0 Å². The number of hydrogen-bond donors (Lipinski definition) is 1. The minimum atomic E-state index is 0.567. The van der Waals surface area contributed by atoms with Crippen LogP contribution in [0, 0.1) is 23.2 Å². The van der Waals surface area contributed by atoms with Gasteiger partial charge in [-0.1, -0.05) is 19.9 Å². The molecule has 4 nitrogen and oxygen atoms in total. The second kappa shape index (κ2) is 8.11. The predicted molar refractivity (Wildman–Crippen MR) is 84.7 cm³/mol. The van der Waals surface area contributed by atoms with Gasteiger partial charge in [0.1, 0.15) is 11.8 Å². The van der Waals surface area contributed by atoms with Gasteiger partial charge in [0, 0.05) is 24.8 Å². The quantitative estimate of drug-likeness (QED) is 0.872. The number of hydrogen-bond acceptors (Lipinski definition) is 4. The lowest BCUT2D eigenvalue weighted by Crippen LogP contribution is -2.40. The van der Waals surface area contributed by atoms with E-state index in [1.54, 1.807) is 6.20 Å². The summed E-state index contributed by atoms with van der Waals surface area (Å²) in [5.74, 6) is 1.43. The van der Waals surface area contributed by atoms with Crippen molar-refractivity contribution in [1.82, 2.24) is 15.2 Å². The van der Waals surface area contributed by atoms with Crippen molar-refractivity contribution < 1.29 is 0 Å². The van der Waals surface area contributed by atoms with E-state index in [0.29, 0.717) is 11.6 Å². The van der Waals surface area contributed by atoms with Crippen molar-refractivity contribution in [1.29, 1.82) is 5.26 Å². The van der Waals surface area contributed by atoms with Crippen molar-refractivity contribution in [2.75, 3.05) is 26.2 Å². The molecule has 0 aliphatic carbocycles. The Kier molecular flexibility index (Phi) is 6.16. The Bertz CT molecular complexity index is 478. The van der Waals surface area contributed by atoms with Crippen LogP contribution in [0.4, 0.5) is 0 Å². The normalized spacial score (nSPS) is 19.6. The SMILES string of the molecule is CC(C)CNCC1CCCN(Cc2cccnc2C#N)C1. The summed E-state index contributed by atoms with van der Waals surface area (Å²) in [4.78, 5) is 6.61. The van der Waals surface area contributed by atoms with Crippen molar-refractivity contribution in [2.24, 2.45) is 11.8 Å². The molecule has 1 aliphatic rings. The van der Waals surface area contributed by atoms with Crippen LogP contribution in [0.15, 0.2) is 18.3 Å². The molecule has 1 unspecified atom stereocenters. The molecule has 1 aromatic heterocycles. The highest BCUT2D eigenvalue weighted by molar-refractivity contribution is 5.30. The topological polar surface area (TPSA) is 52.0 Å². The van der Waals surface area contributed by atoms with Gasteiger partial charge in [-0.15, -0.1) is 0 Å². The minimum absolute atomic E-state index is 0.567. The van der Waals surface area contributed by atoms with E-state index in [-0.39, 0.29) is 0 Å². The predicted octanol–water partition coefficient (Wildman–Crippen LogP) is 2.41. The van der Waals surface area contributed by atoms with Gasteiger partial charge in [0.2, 0.25) is 0 Å². The number of likely N-dealkylation sites (tertiary alicyclic amines) is 1. The van der Waals surface area contributed by atoms with Crippen molar-refractivity contribution in [2.45, 2.75) is 33.2 Å². The molecular weight excluding hydrogens is 260 g/mol. The molecule has 0 spiro atoms. The summed E-state index contributed by atoms with van der Waals surface area (Å²) in [6, 6.07) is 6.13. The Morgan fingerprint density at radius 1 is 1.52 bits per heavy atom. The van der Waals surface area contributed by atoms with Gasteiger partial charge in [-0.2, -0.15) is 5.26 Å². The van der Waals surface area contributed by atoms with Crippen LogP contribution in [-0.2, 0) is 6.54 Å². The molecule has 2 heterocycles. The third-order valence-corrected chi connectivity index (χ3v) is 3.98. The zero-order valence-electron chi connectivity index (χ0n) is 13.2. The summed E-state index contributed by atoms with van der Waals surface area (Å²) >= 11 is 0. The van der Waals surface area contributed by atoms with Crippen molar-refractivity contribution in [3.05, 3.63) is 29.6 Å². The Morgan fingerprint density at radius 2 is 2.38 bits per heavy atom. The fourth-order valence-electron chi connectivity index (χ4n) is 2.95. The number of pyridine rings is 1. The Labute approximate surface area is 128 Å². The largest absolute Gasteiger partial charge is 0.316 e. The van der Waals surface area contributed by atoms with Crippen molar-refractivity contribution >= 4 is 0 Å². The Morgan fingerprint density at radius 3 is 3.14 bits per heavy atom. The molecule has 1 aliphatic heterocycles. The number of aromatic nitrogens is 1. The number of rotatable bonds is 6. The first kappa shape index (κ1) is 15.9. The summed E-state index contributed by atoms with van der Waals surface area (Å²) < 4.78 is 0. The molecule has 1 atom stereocenters. The highest BCUT2D eigenvalue weighted by Crippen LogP contribution is 2.19. The van der Waals surface area contributed by atoms with Crippen LogP contribution in [0.1, 0.15) is 37.9 Å². The van der Waals surface area contributed by atoms with E-state index in [2.05, 4.69) is 35.1 Å². The molecule has 4 heteroatoms. The molecule has 0 bridgehead atoms. The maximum atomic E-state index is 9.13. The molecule has 0 radical (unpaired) electrons. The summed E-state index contributed by atoms with van der Waals surface area (Å²) in [6.07, 6.45) is 4.24. The smallest absolute Gasteiger partial charge is 0.144 e. The summed E-state index contributed by atoms with van der Waals surface area (Å²) in [6.45, 7) is 9.77. The highest BCUT2D eigenvalue weighted by atomic mass is 15.1. The third kappa shape index (κ3) is 5.11. The second-order valence-corrected chi connectivity index (χ2v) is 6.42. The van der Waals surface area contributed by atoms with Crippen LogP contribution in [-0.4, -0.2) is 36.1 Å². The van der Waals surface area contributed by atoms with Crippen molar-refractivity contribution in [3.8, 4) is 6.07 Å². The first-order valence-corrected chi connectivity index (χ1v) is 7.96. The average molecular weight is 286 g/mol. The molecule has 1 saturated heterocycles. The van der Waals surface area contributed by atoms with Gasteiger partial charge in [0.05, 0.1) is 0 Å². The Balaban J connectivity index is 1.85. The zero-order chi connectivity index (χ0) is 15.1. The molecule has 1 N–H and O–H groups in total. The lowest BCUT2D eigenvalue weighted by Gasteiger charge is -2.33. The maximum absolute atomic E-state index is 9.13. The monoisotopic (exact) mass is 286 g/mol. The van der Waals surface area contributed by atoms with Gasteiger partial charge < -0.3 is 5.32 Å². The number of piperidine rings is 1. The first-order valence-electron chi connectivity index (χ1n) is 7.96. The van der Waals surface area contributed by atoms with Crippen LogP contribution in [0.25, 0.3) is 0 Å². The van der Waals surface area contributed by atoms with E-state index in [1.165, 1.54) is 12.8 Å². The molecule has 21 heavy (non-hydrogen) atoms. The lowest BCUT2D eigenvalue weighted by molar-refractivity contribution is 0.164. The van der Waals surface area contributed by atoms with E-state index in [9.17, 15) is 0 Å². The molecule has 2 rings (SSSR count). The van der Waals surface area contributed by atoms with E-state index in [0.717, 1.165) is 44.2 Å². The average Bonchev–Trinajstić information content (AvgIpc) is 2.48. The van der Waals surface area contributed by atoms with Gasteiger partial charge in [-0.25, -0.2) is 4.98 Å². The van der Waals surface area contributed by atoms with Crippen molar-refractivity contribution in [3.63, 3.8) is 0 Å². The zero-order valence-corrected chi connectivity index (χ0v) is 13.2. The summed E-state index contributed by atoms with van der Waals surface area (Å²) in [5.41, 5.74) is 1.62. The number of nitriles is 1. The standard InChI is InChI=1S/C17H26N4/c1-14(2)10-19-11-15-5-4-8-21(12-15)13-16-6-3-7-20-17(16)9-18/h3,6-7,14-15,19H,4-5,8,10-13H2,1-2H3. The number of nitrogens with zero attached hydrogens (tertiary/aromatic N) is 3. The highest BCUT2D eigenvalue weighted by Gasteiger charge is 2.20. The van der Waals surface area contributed by atoms with Gasteiger partial charge in [0.15, 0.2) is 0 Å². The minimum Gasteiger partial charge on any atom is -0.316 e. The fourth-order valence-corrected chi connectivity index (χ4v) is 2.95. The van der Waals surface area contributed by atoms with E-state index >= 15 is 0 Å². The molecular formula is C17H26N4. The molecule has 0 amide bonds. The maximum Gasteiger partial charge on any atom is 0.144 e. The van der Waals surface area contributed by atoms with Crippen LogP contribution in [0.2, 0.25) is 0 Å². The first-order chi connectivity index (χ1) is 10.2. The molecule has 1 aromatic rings. The van der Waals surface area contributed by atoms with E-state index in [1.807, 2.05) is 12.1 Å². The van der Waals surface area contributed by atoms with Crippen LogP contribution in [0.5, 0.6) is 0 Å². The second-order valence-electron chi connectivity index (χ2n) is 6.42. The van der Waals surface area contributed by atoms with E-state index < -0.39 is 0 Å². The van der Waals surface area contributed by atoms with Crippen LogP contribution < -0.4 is 5.32 Å². The molecule has 114 valence electrons. The van der Waals surface area contributed by atoms with Gasteiger partial charge in [-0.05, 0) is 50.4 Å². The lowest BCUT2D eigenvalue weighted by atomic mass is 9.97. The number of nitrogens with one attached hydrogen (secondary N) is 1. The van der Waals surface area contributed by atoms with Gasteiger partial charge in [0.25, 0.3) is 0 Å². The summed E-state index contributed by atoms with van der Waals surface area (Å²) in [7, 11) is 0. The fraction of sp³-hybridized carbons (Fsp3) is 0.647. The van der Waals surface area contributed by atoms with Gasteiger partial charge in [-0.3, -0.25) is 4.90 Å². The summed E-state index contributed by atoms with van der Waals surface area (Å²) in [5, 5.41) is 12.7.